The van der Waals surface area contributed by atoms with Gasteiger partial charge in [-0.15, -0.1) is 0 Å². The van der Waals surface area contributed by atoms with E-state index in [9.17, 15) is 4.79 Å². The summed E-state index contributed by atoms with van der Waals surface area (Å²) in [7, 11) is 0. The van der Waals surface area contributed by atoms with Gasteiger partial charge in [0.05, 0.1) is 6.61 Å². The maximum Gasteiger partial charge on any atom is 0.397 e. The molecular weight excluding hydrogens is 248 g/mol. The predicted molar refractivity (Wildman–Crippen MR) is 66.6 cm³/mol. The van der Waals surface area contributed by atoms with Crippen LogP contribution in [0.5, 0.6) is 0 Å². The van der Waals surface area contributed by atoms with Gasteiger partial charge in [0.25, 0.3) is 0 Å². The molecule has 6 heteroatoms. The Morgan fingerprint density at radius 2 is 2.00 bits per heavy atom. The van der Waals surface area contributed by atoms with Gasteiger partial charge < -0.3 is 14.0 Å². The molecular formula is C13H20N2O4. The number of carbonyl (C=O) groups is 1. The summed E-state index contributed by atoms with van der Waals surface area (Å²) in [5.74, 6) is -0.206. The van der Waals surface area contributed by atoms with Crippen molar-refractivity contribution < 1.29 is 18.8 Å². The SMILES string of the molecule is CCOC(=O)c1nc(C2(OCC)CCCCC2)no1. The van der Waals surface area contributed by atoms with Crippen LogP contribution in [0.3, 0.4) is 0 Å². The number of carbonyl (C=O) groups excluding carboxylic acids is 1. The Balaban J connectivity index is 2.20. The highest BCUT2D eigenvalue weighted by Gasteiger charge is 2.39. The minimum absolute atomic E-state index is 0.0958. The molecule has 0 saturated heterocycles. The molecule has 0 aliphatic heterocycles. The minimum atomic E-state index is -0.580. The molecule has 1 heterocycles. The van der Waals surface area contributed by atoms with E-state index in [1.165, 1.54) is 6.42 Å². The summed E-state index contributed by atoms with van der Waals surface area (Å²) < 4.78 is 15.7. The van der Waals surface area contributed by atoms with Crippen LogP contribution in [0.4, 0.5) is 0 Å². The fourth-order valence-corrected chi connectivity index (χ4v) is 2.52. The quantitative estimate of drug-likeness (QED) is 0.763. The molecule has 1 saturated carbocycles. The molecule has 2 rings (SSSR count). The van der Waals surface area contributed by atoms with Gasteiger partial charge in [0, 0.05) is 6.61 Å². The second-order valence-electron chi connectivity index (χ2n) is 4.63. The molecule has 0 amide bonds. The Labute approximate surface area is 112 Å². The molecule has 1 fully saturated rings. The van der Waals surface area contributed by atoms with E-state index in [4.69, 9.17) is 14.0 Å². The molecule has 1 aromatic heterocycles. The van der Waals surface area contributed by atoms with Crippen LogP contribution in [0, 0.1) is 0 Å². The van der Waals surface area contributed by atoms with E-state index in [0.29, 0.717) is 12.4 Å². The monoisotopic (exact) mass is 268 g/mol. The normalized spacial score (nSPS) is 18.2. The first-order valence-corrected chi connectivity index (χ1v) is 6.87. The molecule has 0 spiro atoms. The van der Waals surface area contributed by atoms with Gasteiger partial charge in [-0.1, -0.05) is 24.4 Å². The van der Waals surface area contributed by atoms with Crippen molar-refractivity contribution in [2.75, 3.05) is 13.2 Å². The van der Waals surface area contributed by atoms with Crippen LogP contribution in [0.1, 0.15) is 62.5 Å². The Kier molecular flexibility index (Phi) is 4.52. The molecule has 0 aromatic carbocycles. The summed E-state index contributed by atoms with van der Waals surface area (Å²) in [6.45, 7) is 4.55. The van der Waals surface area contributed by atoms with Crippen molar-refractivity contribution in [1.29, 1.82) is 0 Å². The number of hydrogen-bond donors (Lipinski definition) is 0. The van der Waals surface area contributed by atoms with Crippen molar-refractivity contribution in [3.05, 3.63) is 11.7 Å². The summed E-state index contributed by atoms with van der Waals surface area (Å²) in [5.41, 5.74) is -0.499. The summed E-state index contributed by atoms with van der Waals surface area (Å²) >= 11 is 0. The highest BCUT2D eigenvalue weighted by atomic mass is 16.6. The van der Waals surface area contributed by atoms with E-state index < -0.39 is 11.6 Å². The summed E-state index contributed by atoms with van der Waals surface area (Å²) in [4.78, 5) is 15.7. The van der Waals surface area contributed by atoms with E-state index in [-0.39, 0.29) is 12.5 Å². The lowest BCUT2D eigenvalue weighted by Crippen LogP contribution is -2.33. The average molecular weight is 268 g/mol. The molecule has 0 bridgehead atoms. The lowest BCUT2D eigenvalue weighted by Gasteiger charge is -2.33. The summed E-state index contributed by atoms with van der Waals surface area (Å²) in [6, 6.07) is 0. The number of esters is 1. The maximum absolute atomic E-state index is 11.5. The van der Waals surface area contributed by atoms with Crippen molar-refractivity contribution in [2.45, 2.75) is 51.6 Å². The van der Waals surface area contributed by atoms with Gasteiger partial charge in [-0.05, 0) is 26.7 Å². The van der Waals surface area contributed by atoms with Gasteiger partial charge in [0.15, 0.2) is 0 Å². The van der Waals surface area contributed by atoms with Gasteiger partial charge in [-0.3, -0.25) is 0 Å². The van der Waals surface area contributed by atoms with Crippen LogP contribution < -0.4 is 0 Å². The highest BCUT2D eigenvalue weighted by molar-refractivity contribution is 5.83. The van der Waals surface area contributed by atoms with Crippen LogP contribution in [-0.2, 0) is 15.1 Å². The Morgan fingerprint density at radius 1 is 1.26 bits per heavy atom. The molecule has 106 valence electrons. The molecule has 1 aliphatic rings. The van der Waals surface area contributed by atoms with Gasteiger partial charge in [0.1, 0.15) is 5.60 Å². The third-order valence-corrected chi connectivity index (χ3v) is 3.37. The molecule has 0 radical (unpaired) electrons. The van der Waals surface area contributed by atoms with Crippen molar-refractivity contribution in [3.8, 4) is 0 Å². The number of nitrogens with zero attached hydrogens (tertiary/aromatic N) is 2. The number of hydrogen-bond acceptors (Lipinski definition) is 6. The molecule has 0 N–H and O–H groups in total. The first-order chi connectivity index (χ1) is 9.22. The van der Waals surface area contributed by atoms with Crippen molar-refractivity contribution in [1.82, 2.24) is 10.1 Å². The summed E-state index contributed by atoms with van der Waals surface area (Å²) in [5, 5.41) is 3.92. The maximum atomic E-state index is 11.5. The molecule has 0 atom stereocenters. The van der Waals surface area contributed by atoms with E-state index in [1.54, 1.807) is 6.92 Å². The predicted octanol–water partition coefficient (Wildman–Crippen LogP) is 2.44. The van der Waals surface area contributed by atoms with Crippen LogP contribution in [0.2, 0.25) is 0 Å². The molecule has 19 heavy (non-hydrogen) atoms. The van der Waals surface area contributed by atoms with Crippen molar-refractivity contribution in [2.24, 2.45) is 0 Å². The topological polar surface area (TPSA) is 74.5 Å². The fourth-order valence-electron chi connectivity index (χ4n) is 2.52. The number of ether oxygens (including phenoxy) is 2. The lowest BCUT2D eigenvalue weighted by molar-refractivity contribution is -0.0777. The van der Waals surface area contributed by atoms with Gasteiger partial charge >= 0.3 is 11.9 Å². The highest BCUT2D eigenvalue weighted by Crippen LogP contribution is 2.39. The molecule has 6 nitrogen and oxygen atoms in total. The van der Waals surface area contributed by atoms with E-state index in [0.717, 1.165) is 25.7 Å². The van der Waals surface area contributed by atoms with Crippen LogP contribution >= 0.6 is 0 Å². The van der Waals surface area contributed by atoms with E-state index in [2.05, 4.69) is 10.1 Å². The first-order valence-electron chi connectivity index (χ1n) is 6.87. The Hall–Kier alpha value is -1.43. The largest absolute Gasteiger partial charge is 0.459 e. The molecule has 1 aromatic rings. The van der Waals surface area contributed by atoms with Crippen LogP contribution in [0.15, 0.2) is 4.52 Å². The Morgan fingerprint density at radius 3 is 2.63 bits per heavy atom. The standard InChI is InChI=1S/C13H20N2O4/c1-3-17-11(16)10-14-12(15-19-10)13(18-4-2)8-6-5-7-9-13/h3-9H2,1-2H3. The second-order valence-corrected chi connectivity index (χ2v) is 4.63. The fraction of sp³-hybridized carbons (Fsp3) is 0.769. The smallest absolute Gasteiger partial charge is 0.397 e. The summed E-state index contributed by atoms with van der Waals surface area (Å²) in [6.07, 6.45) is 5.06. The second kappa shape index (κ2) is 6.14. The Bertz CT molecular complexity index is 419. The van der Waals surface area contributed by atoms with E-state index in [1.807, 2.05) is 6.92 Å². The zero-order valence-electron chi connectivity index (χ0n) is 11.5. The van der Waals surface area contributed by atoms with E-state index >= 15 is 0 Å². The minimum Gasteiger partial charge on any atom is -0.459 e. The third kappa shape index (κ3) is 2.94. The zero-order chi connectivity index (χ0) is 13.7. The van der Waals surface area contributed by atoms with Gasteiger partial charge in [0.2, 0.25) is 5.82 Å². The zero-order valence-corrected chi connectivity index (χ0v) is 11.5. The third-order valence-electron chi connectivity index (χ3n) is 3.37. The lowest BCUT2D eigenvalue weighted by atomic mass is 9.84. The molecule has 0 unspecified atom stereocenters. The average Bonchev–Trinajstić information content (AvgIpc) is 2.91. The number of aromatic nitrogens is 2. The van der Waals surface area contributed by atoms with Crippen LogP contribution in [-0.4, -0.2) is 29.3 Å². The number of rotatable bonds is 5. The first kappa shape index (κ1) is 14.0. The van der Waals surface area contributed by atoms with Crippen molar-refractivity contribution in [3.63, 3.8) is 0 Å². The molecule has 1 aliphatic carbocycles. The van der Waals surface area contributed by atoms with Crippen molar-refractivity contribution >= 4 is 5.97 Å². The van der Waals surface area contributed by atoms with Gasteiger partial charge in [-0.25, -0.2) is 4.79 Å². The van der Waals surface area contributed by atoms with Crippen LogP contribution in [0.25, 0.3) is 0 Å². The van der Waals surface area contributed by atoms with Gasteiger partial charge in [-0.2, -0.15) is 4.98 Å².